The van der Waals surface area contributed by atoms with Gasteiger partial charge in [-0.25, -0.2) is 4.79 Å². The van der Waals surface area contributed by atoms with E-state index in [-0.39, 0.29) is 12.4 Å². The Balaban J connectivity index is 1.95. The van der Waals surface area contributed by atoms with Gasteiger partial charge in [-0.1, -0.05) is 6.08 Å². The summed E-state index contributed by atoms with van der Waals surface area (Å²) in [6.07, 6.45) is 4.47. The molecule has 0 fully saturated rings. The van der Waals surface area contributed by atoms with Crippen molar-refractivity contribution in [1.29, 1.82) is 0 Å². The van der Waals surface area contributed by atoms with E-state index in [2.05, 4.69) is 22.5 Å². The number of carbonyl (C=O) groups is 2. The van der Waals surface area contributed by atoms with Crippen LogP contribution < -0.4 is 0 Å². The van der Waals surface area contributed by atoms with Gasteiger partial charge >= 0.3 is 5.97 Å². The SMILES string of the molecule is C=CCn1c(C)cc(C(=O)COC(=O)C=Cc2ccc(Br)o2)c1C. The molecule has 0 saturated heterocycles. The number of allylic oxidation sites excluding steroid dienone is 1. The number of nitrogens with zero attached hydrogens (tertiary/aromatic N) is 1. The van der Waals surface area contributed by atoms with Gasteiger partial charge < -0.3 is 13.7 Å². The molecule has 0 N–H and O–H groups in total. The van der Waals surface area contributed by atoms with Crippen molar-refractivity contribution in [3.63, 3.8) is 0 Å². The maximum Gasteiger partial charge on any atom is 0.331 e. The van der Waals surface area contributed by atoms with Crippen LogP contribution in [-0.4, -0.2) is 22.9 Å². The van der Waals surface area contributed by atoms with Crippen LogP contribution in [0.25, 0.3) is 6.08 Å². The highest BCUT2D eigenvalue weighted by atomic mass is 79.9. The molecule has 0 aromatic carbocycles. The first-order valence-corrected chi connectivity index (χ1v) is 8.12. The molecular formula is C18H18BrNO4. The number of ether oxygens (including phenoxy) is 1. The Morgan fingerprint density at radius 2 is 2.12 bits per heavy atom. The first-order chi connectivity index (χ1) is 11.4. The van der Waals surface area contributed by atoms with E-state index in [1.165, 1.54) is 12.2 Å². The predicted molar refractivity (Wildman–Crippen MR) is 94.8 cm³/mol. The molecule has 24 heavy (non-hydrogen) atoms. The topological polar surface area (TPSA) is 61.4 Å². The molecule has 0 bridgehead atoms. The zero-order valence-electron chi connectivity index (χ0n) is 13.5. The van der Waals surface area contributed by atoms with Crippen molar-refractivity contribution in [2.45, 2.75) is 20.4 Å². The van der Waals surface area contributed by atoms with Crippen molar-refractivity contribution in [2.24, 2.45) is 0 Å². The van der Waals surface area contributed by atoms with E-state index in [0.29, 0.717) is 22.5 Å². The van der Waals surface area contributed by atoms with Gasteiger partial charge in [-0.2, -0.15) is 0 Å². The lowest BCUT2D eigenvalue weighted by atomic mass is 10.1. The second kappa shape index (κ2) is 7.97. The molecule has 0 saturated carbocycles. The smallest absolute Gasteiger partial charge is 0.331 e. The fraction of sp³-hybridized carbons (Fsp3) is 0.222. The minimum atomic E-state index is -0.601. The summed E-state index contributed by atoms with van der Waals surface area (Å²) in [5.74, 6) is -0.324. The molecule has 2 rings (SSSR count). The monoisotopic (exact) mass is 391 g/mol. The van der Waals surface area contributed by atoms with Crippen LogP contribution in [0.1, 0.15) is 27.5 Å². The van der Waals surface area contributed by atoms with Gasteiger partial charge in [0.25, 0.3) is 0 Å². The highest BCUT2D eigenvalue weighted by molar-refractivity contribution is 9.10. The Kier molecular flexibility index (Phi) is 5.98. The number of rotatable bonds is 7. The summed E-state index contributed by atoms with van der Waals surface area (Å²) in [7, 11) is 0. The van der Waals surface area contributed by atoms with Crippen LogP contribution in [0.4, 0.5) is 0 Å². The predicted octanol–water partition coefficient (Wildman–Crippen LogP) is 4.09. The van der Waals surface area contributed by atoms with Crippen molar-refractivity contribution in [2.75, 3.05) is 6.61 Å². The Bertz CT molecular complexity index is 798. The van der Waals surface area contributed by atoms with Gasteiger partial charge in [0.05, 0.1) is 0 Å². The highest BCUT2D eigenvalue weighted by Crippen LogP contribution is 2.17. The lowest BCUT2D eigenvalue weighted by molar-refractivity contribution is -0.136. The third-order valence-corrected chi connectivity index (χ3v) is 3.94. The number of hydrogen-bond acceptors (Lipinski definition) is 4. The van der Waals surface area contributed by atoms with Crippen molar-refractivity contribution < 1.29 is 18.7 Å². The third-order valence-electron chi connectivity index (χ3n) is 3.51. The second-order valence-electron chi connectivity index (χ2n) is 5.19. The molecule has 2 heterocycles. The summed E-state index contributed by atoms with van der Waals surface area (Å²) in [6.45, 7) is 7.82. The summed E-state index contributed by atoms with van der Waals surface area (Å²) in [6, 6.07) is 5.21. The van der Waals surface area contributed by atoms with Gasteiger partial charge in [-0.3, -0.25) is 4.79 Å². The van der Waals surface area contributed by atoms with Crippen LogP contribution in [0.2, 0.25) is 0 Å². The van der Waals surface area contributed by atoms with Crippen LogP contribution in [0.5, 0.6) is 0 Å². The Morgan fingerprint density at radius 3 is 2.75 bits per heavy atom. The van der Waals surface area contributed by atoms with E-state index in [9.17, 15) is 9.59 Å². The summed E-state index contributed by atoms with van der Waals surface area (Å²) in [4.78, 5) is 23.9. The van der Waals surface area contributed by atoms with E-state index in [4.69, 9.17) is 9.15 Å². The molecule has 0 aliphatic heterocycles. The van der Waals surface area contributed by atoms with Crippen LogP contribution in [0.3, 0.4) is 0 Å². The van der Waals surface area contributed by atoms with E-state index in [1.54, 1.807) is 24.3 Å². The Hall–Kier alpha value is -2.34. The van der Waals surface area contributed by atoms with Gasteiger partial charge in [-0.15, -0.1) is 6.58 Å². The lowest BCUT2D eigenvalue weighted by Crippen LogP contribution is -2.13. The molecule has 0 aliphatic carbocycles. The van der Waals surface area contributed by atoms with Gasteiger partial charge in [0.1, 0.15) is 5.76 Å². The number of esters is 1. The van der Waals surface area contributed by atoms with Gasteiger partial charge in [0.2, 0.25) is 5.78 Å². The van der Waals surface area contributed by atoms with Crippen molar-refractivity contribution >= 4 is 33.8 Å². The molecule has 126 valence electrons. The minimum absolute atomic E-state index is 0.235. The fourth-order valence-electron chi connectivity index (χ4n) is 2.32. The van der Waals surface area contributed by atoms with E-state index >= 15 is 0 Å². The highest BCUT2D eigenvalue weighted by Gasteiger charge is 2.16. The van der Waals surface area contributed by atoms with Crippen LogP contribution >= 0.6 is 15.9 Å². The third kappa shape index (κ3) is 4.35. The molecule has 2 aromatic heterocycles. The molecule has 2 aromatic rings. The van der Waals surface area contributed by atoms with Crippen molar-refractivity contribution in [3.05, 3.63) is 64.3 Å². The zero-order chi connectivity index (χ0) is 17.7. The van der Waals surface area contributed by atoms with Crippen LogP contribution in [0, 0.1) is 13.8 Å². The molecule has 0 spiro atoms. The number of hydrogen-bond donors (Lipinski definition) is 0. The first kappa shape index (κ1) is 18.0. The van der Waals surface area contributed by atoms with E-state index in [1.807, 2.05) is 18.4 Å². The molecule has 5 nitrogen and oxygen atoms in total. The Morgan fingerprint density at radius 1 is 1.38 bits per heavy atom. The number of Topliss-reactive ketones (excluding diaryl/α,β-unsaturated/α-hetero) is 1. The van der Waals surface area contributed by atoms with E-state index < -0.39 is 5.97 Å². The first-order valence-electron chi connectivity index (χ1n) is 7.33. The minimum Gasteiger partial charge on any atom is -0.454 e. The number of halogens is 1. The largest absolute Gasteiger partial charge is 0.454 e. The summed E-state index contributed by atoms with van der Waals surface area (Å²) < 4.78 is 12.8. The van der Waals surface area contributed by atoms with E-state index in [0.717, 1.165) is 11.4 Å². The molecular weight excluding hydrogens is 374 g/mol. The molecule has 6 heteroatoms. The molecule has 0 atom stereocenters. The molecule has 0 unspecified atom stereocenters. The second-order valence-corrected chi connectivity index (χ2v) is 5.97. The molecule has 0 amide bonds. The average molecular weight is 392 g/mol. The molecule has 0 radical (unpaired) electrons. The quantitative estimate of drug-likeness (QED) is 0.308. The summed E-state index contributed by atoms with van der Waals surface area (Å²) >= 11 is 3.17. The van der Waals surface area contributed by atoms with Crippen molar-refractivity contribution in [3.8, 4) is 0 Å². The van der Waals surface area contributed by atoms with Crippen LogP contribution in [0.15, 0.2) is 46.0 Å². The number of ketones is 1. The maximum atomic E-state index is 12.3. The average Bonchev–Trinajstić information content (AvgIpc) is 3.09. The summed E-state index contributed by atoms with van der Waals surface area (Å²) in [5.41, 5.74) is 2.36. The maximum absolute atomic E-state index is 12.3. The lowest BCUT2D eigenvalue weighted by Gasteiger charge is -2.06. The number of furan rings is 1. The summed E-state index contributed by atoms with van der Waals surface area (Å²) in [5, 5.41) is 0. The fourth-order valence-corrected chi connectivity index (χ4v) is 2.64. The van der Waals surface area contributed by atoms with Gasteiger partial charge in [0, 0.05) is 29.6 Å². The van der Waals surface area contributed by atoms with Gasteiger partial charge in [-0.05, 0) is 54.1 Å². The van der Waals surface area contributed by atoms with Crippen molar-refractivity contribution in [1.82, 2.24) is 4.57 Å². The van der Waals surface area contributed by atoms with Crippen LogP contribution in [-0.2, 0) is 16.1 Å². The normalized spacial score (nSPS) is 11.0. The Labute approximate surface area is 148 Å². The zero-order valence-corrected chi connectivity index (χ0v) is 15.1. The number of carbonyl (C=O) groups excluding carboxylic acids is 2. The van der Waals surface area contributed by atoms with Gasteiger partial charge in [0.15, 0.2) is 11.3 Å². The number of aryl methyl sites for hydroxylation is 1. The number of aromatic nitrogens is 1. The standard InChI is InChI=1S/C18H18BrNO4/c1-4-9-20-12(2)10-15(13(20)3)16(21)11-23-18(22)8-6-14-5-7-17(19)24-14/h4-8,10H,1,9,11H2,2-3H3. The molecule has 0 aliphatic rings.